The first-order valence-electron chi connectivity index (χ1n) is 11.1. The Bertz CT molecular complexity index is 1030. The quantitative estimate of drug-likeness (QED) is 0.413. The zero-order valence-electron chi connectivity index (χ0n) is 18.7. The zero-order chi connectivity index (χ0) is 21.1. The SMILES string of the molecule is CC1=C(C)C(C)[C]([Zr]([C]2=CC=CC2)=[C](Cc2ccccc2)Cc2ccccc2)=C1C. The monoisotopic (exact) mass is 470 g/mol. The number of benzene rings is 2. The molecule has 0 N–H and O–H groups in total. The van der Waals surface area contributed by atoms with Gasteiger partial charge in [-0.05, 0) is 0 Å². The summed E-state index contributed by atoms with van der Waals surface area (Å²) >= 11 is -2.20. The minimum absolute atomic E-state index is 0.599. The average molecular weight is 472 g/mol. The molecular weight excluding hydrogens is 440 g/mol. The van der Waals surface area contributed by atoms with Gasteiger partial charge in [-0.25, -0.2) is 0 Å². The van der Waals surface area contributed by atoms with E-state index in [1.807, 2.05) is 6.49 Å². The van der Waals surface area contributed by atoms with E-state index in [4.69, 9.17) is 0 Å². The van der Waals surface area contributed by atoms with E-state index in [1.54, 1.807) is 20.0 Å². The third kappa shape index (κ3) is 4.42. The van der Waals surface area contributed by atoms with Crippen LogP contribution in [0.15, 0.2) is 102 Å². The van der Waals surface area contributed by atoms with Crippen molar-refractivity contribution in [3.8, 4) is 0 Å². The summed E-state index contributed by atoms with van der Waals surface area (Å²) < 4.78 is 5.39. The third-order valence-corrected chi connectivity index (χ3v) is 15.3. The van der Waals surface area contributed by atoms with Crippen molar-refractivity contribution in [1.82, 2.24) is 0 Å². The van der Waals surface area contributed by atoms with Gasteiger partial charge in [0.2, 0.25) is 0 Å². The Hall–Kier alpha value is -1.85. The van der Waals surface area contributed by atoms with Gasteiger partial charge in [-0.15, -0.1) is 0 Å². The molecule has 0 aromatic heterocycles. The molecule has 0 spiro atoms. The Morgan fingerprint density at radius 1 is 0.833 bits per heavy atom. The third-order valence-electron chi connectivity index (χ3n) is 6.88. The van der Waals surface area contributed by atoms with Crippen LogP contribution in [-0.2, 0) is 34.1 Å². The van der Waals surface area contributed by atoms with Gasteiger partial charge in [-0.1, -0.05) is 0 Å². The standard InChI is InChI=1S/C15H14.C9H13.C5H5.Zr/c1-3-8-14(9-4-1)12-7-13-15-10-5-2-6-11-15;1-6-5-7(2)9(4)8(6)3;1-2-4-5-3-1;/h1-6,8-11H,12-13H2;6H,1-4H3;1-3H,4H2;. The van der Waals surface area contributed by atoms with Crippen LogP contribution in [0.25, 0.3) is 0 Å². The normalized spacial score (nSPS) is 18.3. The molecule has 0 saturated heterocycles. The molecule has 2 aromatic carbocycles. The van der Waals surface area contributed by atoms with Crippen molar-refractivity contribution >= 4 is 3.21 Å². The van der Waals surface area contributed by atoms with E-state index < -0.39 is 21.3 Å². The van der Waals surface area contributed by atoms with Gasteiger partial charge in [0.1, 0.15) is 0 Å². The van der Waals surface area contributed by atoms with Gasteiger partial charge < -0.3 is 0 Å². The van der Waals surface area contributed by atoms with Crippen molar-refractivity contribution in [1.29, 1.82) is 0 Å². The van der Waals surface area contributed by atoms with Gasteiger partial charge in [-0.2, -0.15) is 0 Å². The molecule has 0 fully saturated rings. The fraction of sp³-hybridized carbons (Fsp3) is 0.276. The van der Waals surface area contributed by atoms with Crippen molar-refractivity contribution in [3.05, 3.63) is 113 Å². The molecule has 152 valence electrons. The van der Waals surface area contributed by atoms with E-state index >= 15 is 0 Å². The fourth-order valence-electron chi connectivity index (χ4n) is 4.91. The molecule has 2 aliphatic rings. The number of hydrogen-bond donors (Lipinski definition) is 0. The molecule has 4 rings (SSSR count). The van der Waals surface area contributed by atoms with Crippen LogP contribution in [0, 0.1) is 5.92 Å². The van der Waals surface area contributed by atoms with E-state index in [9.17, 15) is 0 Å². The van der Waals surface area contributed by atoms with Crippen molar-refractivity contribution in [2.45, 2.75) is 47.0 Å². The van der Waals surface area contributed by atoms with Crippen LogP contribution in [0.3, 0.4) is 0 Å². The second kappa shape index (κ2) is 9.53. The summed E-state index contributed by atoms with van der Waals surface area (Å²) in [4.78, 5) is 0. The van der Waals surface area contributed by atoms with Gasteiger partial charge in [-0.3, -0.25) is 0 Å². The minimum atomic E-state index is -2.20. The number of allylic oxidation sites excluding steroid dienone is 8. The van der Waals surface area contributed by atoms with Gasteiger partial charge >= 0.3 is 191 Å². The number of rotatable bonds is 6. The predicted octanol–water partition coefficient (Wildman–Crippen LogP) is 7.37. The molecule has 0 saturated carbocycles. The Labute approximate surface area is 189 Å². The fourth-order valence-corrected chi connectivity index (χ4v) is 14.1. The van der Waals surface area contributed by atoms with Crippen LogP contribution in [0.5, 0.6) is 0 Å². The Balaban J connectivity index is 1.89. The van der Waals surface area contributed by atoms with Crippen molar-refractivity contribution in [3.63, 3.8) is 0 Å². The van der Waals surface area contributed by atoms with Crippen LogP contribution in [0.2, 0.25) is 0 Å². The van der Waals surface area contributed by atoms with E-state index in [0.29, 0.717) is 5.92 Å². The average Bonchev–Trinajstić information content (AvgIpc) is 3.36. The first-order valence-corrected chi connectivity index (χ1v) is 14.8. The van der Waals surface area contributed by atoms with E-state index in [2.05, 4.69) is 107 Å². The van der Waals surface area contributed by atoms with E-state index in [-0.39, 0.29) is 0 Å². The summed E-state index contributed by atoms with van der Waals surface area (Å²) in [6.45, 7) is 9.54. The van der Waals surface area contributed by atoms with Gasteiger partial charge in [0.05, 0.1) is 0 Å². The molecule has 30 heavy (non-hydrogen) atoms. The topological polar surface area (TPSA) is 0 Å². The summed E-state index contributed by atoms with van der Waals surface area (Å²) in [5.74, 6) is 0.599. The first kappa shape index (κ1) is 21.4. The first-order chi connectivity index (χ1) is 14.6. The van der Waals surface area contributed by atoms with Crippen molar-refractivity contribution < 1.29 is 21.3 Å². The molecule has 1 heteroatoms. The molecule has 1 unspecified atom stereocenters. The summed E-state index contributed by atoms with van der Waals surface area (Å²) in [6.07, 6.45) is 10.5. The second-order valence-electron chi connectivity index (χ2n) is 8.70. The maximum atomic E-state index is 2.46. The van der Waals surface area contributed by atoms with Gasteiger partial charge in [0.15, 0.2) is 0 Å². The molecule has 0 bridgehead atoms. The molecule has 2 aliphatic carbocycles. The summed E-state index contributed by atoms with van der Waals surface area (Å²) in [7, 11) is 0. The maximum absolute atomic E-state index is 2.46. The molecule has 2 aromatic rings. The van der Waals surface area contributed by atoms with Crippen LogP contribution in [-0.4, -0.2) is 3.21 Å². The molecule has 0 nitrogen and oxygen atoms in total. The molecule has 0 radical (unpaired) electrons. The Kier molecular flexibility index (Phi) is 6.79. The van der Waals surface area contributed by atoms with E-state index in [1.165, 1.54) is 11.1 Å². The van der Waals surface area contributed by atoms with Crippen molar-refractivity contribution in [2.24, 2.45) is 5.92 Å². The van der Waals surface area contributed by atoms with Crippen molar-refractivity contribution in [2.75, 3.05) is 0 Å². The molecule has 0 heterocycles. The summed E-state index contributed by atoms with van der Waals surface area (Å²) in [5, 5.41) is 0. The van der Waals surface area contributed by atoms with Gasteiger partial charge in [0, 0.05) is 0 Å². The zero-order valence-corrected chi connectivity index (χ0v) is 21.2. The Morgan fingerprint density at radius 3 is 1.83 bits per heavy atom. The summed E-state index contributed by atoms with van der Waals surface area (Å²) in [5.41, 5.74) is 7.64. The van der Waals surface area contributed by atoms with Gasteiger partial charge in [0.25, 0.3) is 0 Å². The molecule has 0 aliphatic heterocycles. The second-order valence-corrected chi connectivity index (χ2v) is 15.2. The summed E-state index contributed by atoms with van der Waals surface area (Å²) in [6, 6.07) is 22.2. The van der Waals surface area contributed by atoms with E-state index in [0.717, 1.165) is 19.3 Å². The molecule has 1 atom stereocenters. The number of hydrogen-bond acceptors (Lipinski definition) is 0. The van der Waals surface area contributed by atoms with Crippen LogP contribution in [0.1, 0.15) is 45.2 Å². The van der Waals surface area contributed by atoms with Crippen LogP contribution >= 0.6 is 0 Å². The molecule has 0 amide bonds. The predicted molar refractivity (Wildman–Crippen MR) is 127 cm³/mol. The van der Waals surface area contributed by atoms with Crippen LogP contribution in [0.4, 0.5) is 0 Å². The Morgan fingerprint density at radius 2 is 1.40 bits per heavy atom. The molecular formula is C29H32Zr. The van der Waals surface area contributed by atoms with Crippen LogP contribution < -0.4 is 0 Å².